The van der Waals surface area contributed by atoms with Crippen LogP contribution in [0.5, 0.6) is 0 Å². The van der Waals surface area contributed by atoms with E-state index in [1.54, 1.807) is 0 Å². The van der Waals surface area contributed by atoms with Gasteiger partial charge in [0.15, 0.2) is 0 Å². The minimum Gasteiger partial charge on any atom is -0.337 e. The van der Waals surface area contributed by atoms with Crippen LogP contribution in [0.3, 0.4) is 0 Å². The standard InChI is InChI=1S/C14H25N3O/c1-10-8-16-7-3-4-11(16)9-17(10)14(18)12-5-2-6-13(12)15/h10-13H,2-9,15H2,1H3. The Morgan fingerprint density at radius 2 is 2.00 bits per heavy atom. The zero-order chi connectivity index (χ0) is 12.7. The molecule has 1 saturated carbocycles. The highest BCUT2D eigenvalue weighted by Crippen LogP contribution is 2.30. The third-order valence-electron chi connectivity index (χ3n) is 5.11. The molecule has 1 aliphatic carbocycles. The van der Waals surface area contributed by atoms with E-state index < -0.39 is 0 Å². The smallest absolute Gasteiger partial charge is 0.227 e. The first-order valence-electron chi connectivity index (χ1n) is 7.47. The number of nitrogens with two attached hydrogens (primary N) is 1. The number of fused-ring (bicyclic) bond motifs is 1. The fraction of sp³-hybridized carbons (Fsp3) is 0.929. The van der Waals surface area contributed by atoms with E-state index in [1.807, 2.05) is 0 Å². The molecule has 3 rings (SSSR count). The number of piperazine rings is 1. The fourth-order valence-electron chi connectivity index (χ4n) is 4.00. The second kappa shape index (κ2) is 4.82. The van der Waals surface area contributed by atoms with Gasteiger partial charge in [-0.3, -0.25) is 9.69 Å². The van der Waals surface area contributed by atoms with Crippen LogP contribution in [0.4, 0.5) is 0 Å². The van der Waals surface area contributed by atoms with E-state index in [9.17, 15) is 4.79 Å². The van der Waals surface area contributed by atoms with Crippen molar-refractivity contribution in [3.8, 4) is 0 Å². The van der Waals surface area contributed by atoms with Crippen molar-refractivity contribution >= 4 is 5.91 Å². The number of nitrogens with zero attached hydrogens (tertiary/aromatic N) is 2. The molecule has 2 saturated heterocycles. The molecule has 0 aromatic rings. The molecule has 4 unspecified atom stereocenters. The van der Waals surface area contributed by atoms with E-state index in [2.05, 4.69) is 16.7 Å². The number of amides is 1. The molecule has 1 amide bonds. The van der Waals surface area contributed by atoms with Gasteiger partial charge in [-0.2, -0.15) is 0 Å². The van der Waals surface area contributed by atoms with Gasteiger partial charge in [-0.05, 0) is 39.2 Å². The zero-order valence-corrected chi connectivity index (χ0v) is 11.3. The summed E-state index contributed by atoms with van der Waals surface area (Å²) in [5, 5.41) is 0. The van der Waals surface area contributed by atoms with Gasteiger partial charge in [-0.25, -0.2) is 0 Å². The predicted molar refractivity (Wildman–Crippen MR) is 71.1 cm³/mol. The van der Waals surface area contributed by atoms with E-state index in [0.717, 1.165) is 32.4 Å². The third kappa shape index (κ3) is 2.05. The van der Waals surface area contributed by atoms with E-state index in [-0.39, 0.29) is 12.0 Å². The van der Waals surface area contributed by atoms with E-state index in [0.29, 0.717) is 18.0 Å². The molecule has 0 radical (unpaired) electrons. The van der Waals surface area contributed by atoms with Crippen LogP contribution < -0.4 is 5.73 Å². The first-order chi connectivity index (χ1) is 8.66. The number of carbonyl (C=O) groups is 1. The van der Waals surface area contributed by atoms with Crippen LogP contribution in [0, 0.1) is 5.92 Å². The van der Waals surface area contributed by atoms with Gasteiger partial charge in [0.25, 0.3) is 0 Å². The first-order valence-corrected chi connectivity index (χ1v) is 7.47. The van der Waals surface area contributed by atoms with E-state index in [4.69, 9.17) is 5.73 Å². The highest BCUT2D eigenvalue weighted by atomic mass is 16.2. The van der Waals surface area contributed by atoms with Crippen LogP contribution in [0.25, 0.3) is 0 Å². The highest BCUT2D eigenvalue weighted by Gasteiger charge is 2.40. The van der Waals surface area contributed by atoms with Gasteiger partial charge >= 0.3 is 0 Å². The van der Waals surface area contributed by atoms with Gasteiger partial charge in [0, 0.05) is 31.2 Å². The van der Waals surface area contributed by atoms with Gasteiger partial charge in [0.2, 0.25) is 5.91 Å². The van der Waals surface area contributed by atoms with Crippen molar-refractivity contribution in [1.82, 2.24) is 9.80 Å². The summed E-state index contributed by atoms with van der Waals surface area (Å²) in [6.07, 6.45) is 5.69. The van der Waals surface area contributed by atoms with Crippen molar-refractivity contribution in [2.75, 3.05) is 19.6 Å². The van der Waals surface area contributed by atoms with E-state index >= 15 is 0 Å². The molecular formula is C14H25N3O. The van der Waals surface area contributed by atoms with E-state index in [1.165, 1.54) is 19.4 Å². The van der Waals surface area contributed by atoms with Crippen LogP contribution in [0.2, 0.25) is 0 Å². The highest BCUT2D eigenvalue weighted by molar-refractivity contribution is 5.80. The number of rotatable bonds is 1. The molecule has 4 atom stereocenters. The van der Waals surface area contributed by atoms with Crippen LogP contribution >= 0.6 is 0 Å². The summed E-state index contributed by atoms with van der Waals surface area (Å²) in [7, 11) is 0. The molecule has 2 N–H and O–H groups in total. The Balaban J connectivity index is 1.69. The fourth-order valence-corrected chi connectivity index (χ4v) is 4.00. The summed E-state index contributed by atoms with van der Waals surface area (Å²) in [4.78, 5) is 17.3. The summed E-state index contributed by atoms with van der Waals surface area (Å²) in [6.45, 7) is 5.40. The molecule has 0 aromatic heterocycles. The minimum absolute atomic E-state index is 0.0976. The molecule has 18 heavy (non-hydrogen) atoms. The number of carbonyl (C=O) groups excluding carboxylic acids is 1. The molecule has 2 aliphatic heterocycles. The summed E-state index contributed by atoms with van der Waals surface area (Å²) in [5.74, 6) is 0.430. The summed E-state index contributed by atoms with van der Waals surface area (Å²) < 4.78 is 0. The Hall–Kier alpha value is -0.610. The molecular weight excluding hydrogens is 226 g/mol. The molecule has 2 heterocycles. The number of hydrogen-bond donors (Lipinski definition) is 1. The SMILES string of the molecule is CC1CN2CCCC2CN1C(=O)C1CCCC1N. The van der Waals surface area contributed by atoms with Crippen molar-refractivity contribution < 1.29 is 4.79 Å². The minimum atomic E-state index is 0.0976. The second-order valence-corrected chi connectivity index (χ2v) is 6.33. The van der Waals surface area contributed by atoms with Gasteiger partial charge in [-0.1, -0.05) is 6.42 Å². The zero-order valence-electron chi connectivity index (χ0n) is 11.3. The van der Waals surface area contributed by atoms with Gasteiger partial charge in [0.05, 0.1) is 5.92 Å². The van der Waals surface area contributed by atoms with Crippen molar-refractivity contribution in [3.05, 3.63) is 0 Å². The normalized spacial score (nSPS) is 41.1. The Morgan fingerprint density at radius 3 is 2.72 bits per heavy atom. The summed E-state index contributed by atoms with van der Waals surface area (Å²) in [5.41, 5.74) is 6.08. The average Bonchev–Trinajstić information content (AvgIpc) is 2.95. The molecule has 0 aromatic carbocycles. The molecule has 3 fully saturated rings. The first kappa shape index (κ1) is 12.4. The van der Waals surface area contributed by atoms with Crippen molar-refractivity contribution in [2.24, 2.45) is 11.7 Å². The predicted octanol–water partition coefficient (Wildman–Crippen LogP) is 0.809. The maximum atomic E-state index is 12.6. The Labute approximate surface area is 109 Å². The Morgan fingerprint density at radius 1 is 1.17 bits per heavy atom. The molecule has 4 heteroatoms. The average molecular weight is 251 g/mol. The molecule has 3 aliphatic rings. The largest absolute Gasteiger partial charge is 0.337 e. The van der Waals surface area contributed by atoms with Crippen LogP contribution in [0.15, 0.2) is 0 Å². The molecule has 4 nitrogen and oxygen atoms in total. The van der Waals surface area contributed by atoms with Gasteiger partial charge < -0.3 is 10.6 Å². The third-order valence-corrected chi connectivity index (χ3v) is 5.11. The van der Waals surface area contributed by atoms with Crippen molar-refractivity contribution in [2.45, 2.75) is 57.2 Å². The quantitative estimate of drug-likeness (QED) is 0.750. The summed E-state index contributed by atoms with van der Waals surface area (Å²) in [6, 6.07) is 1.08. The molecule has 102 valence electrons. The Bertz CT molecular complexity index is 333. The van der Waals surface area contributed by atoms with Crippen LogP contribution in [0.1, 0.15) is 39.0 Å². The Kier molecular flexibility index (Phi) is 3.32. The lowest BCUT2D eigenvalue weighted by Crippen LogP contribution is -2.58. The van der Waals surface area contributed by atoms with Crippen molar-refractivity contribution in [1.29, 1.82) is 0 Å². The maximum Gasteiger partial charge on any atom is 0.227 e. The lowest BCUT2D eigenvalue weighted by atomic mass is 9.99. The lowest BCUT2D eigenvalue weighted by Gasteiger charge is -2.43. The van der Waals surface area contributed by atoms with Gasteiger partial charge in [-0.15, -0.1) is 0 Å². The lowest BCUT2D eigenvalue weighted by molar-refractivity contribution is -0.141. The number of hydrogen-bond acceptors (Lipinski definition) is 3. The molecule has 0 bridgehead atoms. The molecule has 0 spiro atoms. The maximum absolute atomic E-state index is 12.6. The topological polar surface area (TPSA) is 49.6 Å². The second-order valence-electron chi connectivity index (χ2n) is 6.33. The van der Waals surface area contributed by atoms with Crippen LogP contribution in [-0.4, -0.2) is 53.5 Å². The van der Waals surface area contributed by atoms with Crippen molar-refractivity contribution in [3.63, 3.8) is 0 Å². The summed E-state index contributed by atoms with van der Waals surface area (Å²) >= 11 is 0. The monoisotopic (exact) mass is 251 g/mol. The van der Waals surface area contributed by atoms with Gasteiger partial charge in [0.1, 0.15) is 0 Å². The van der Waals surface area contributed by atoms with Crippen LogP contribution in [-0.2, 0) is 4.79 Å².